The summed E-state index contributed by atoms with van der Waals surface area (Å²) in [6.07, 6.45) is 1.68. The summed E-state index contributed by atoms with van der Waals surface area (Å²) in [6, 6.07) is 18.7. The number of rotatable bonds is 1. The van der Waals surface area contributed by atoms with E-state index in [-0.39, 0.29) is 0 Å². The number of benzene rings is 2. The van der Waals surface area contributed by atoms with Crippen LogP contribution < -0.4 is 4.90 Å². The molecule has 2 heterocycles. The quantitative estimate of drug-likeness (QED) is 0.678. The number of para-hydroxylation sites is 1. The first-order valence-electron chi connectivity index (χ1n) is 6.96. The predicted octanol–water partition coefficient (Wildman–Crippen LogP) is 3.63. The molecule has 1 aromatic heterocycles. The van der Waals surface area contributed by atoms with E-state index in [4.69, 9.17) is 0 Å². The maximum atomic E-state index is 9.44. The van der Waals surface area contributed by atoms with Gasteiger partial charge in [-0.3, -0.25) is 4.98 Å². The van der Waals surface area contributed by atoms with Crippen LogP contribution in [0.5, 0.6) is 0 Å². The normalized spacial score (nSPS) is 13.2. The van der Waals surface area contributed by atoms with Gasteiger partial charge >= 0.3 is 0 Å². The molecule has 2 aromatic carbocycles. The van der Waals surface area contributed by atoms with E-state index in [2.05, 4.69) is 40.2 Å². The van der Waals surface area contributed by atoms with Crippen molar-refractivity contribution in [3.05, 3.63) is 71.4 Å². The van der Waals surface area contributed by atoms with Crippen LogP contribution in [0.1, 0.15) is 16.7 Å². The maximum absolute atomic E-state index is 9.44. The fourth-order valence-electron chi connectivity index (χ4n) is 3.04. The van der Waals surface area contributed by atoms with Crippen molar-refractivity contribution in [1.82, 2.24) is 4.98 Å². The molecule has 21 heavy (non-hydrogen) atoms. The molecule has 0 bridgehead atoms. The number of nitriles is 1. The molecule has 3 heteroatoms. The standard InChI is InChI=1S/C18H13N3/c19-9-15-10-20-17-8-4-3-7-16(17)18(15)21-11-13-5-1-2-6-14(13)12-21/h1-8,10H,11-12H2. The SMILES string of the molecule is N#Cc1cnc2ccccc2c1N1Cc2ccccc2C1. The van der Waals surface area contributed by atoms with Crippen molar-refractivity contribution in [2.75, 3.05) is 4.90 Å². The second kappa shape index (κ2) is 4.60. The van der Waals surface area contributed by atoms with E-state index < -0.39 is 0 Å². The summed E-state index contributed by atoms with van der Waals surface area (Å²) in [5, 5.41) is 10.5. The van der Waals surface area contributed by atoms with Crippen LogP contribution >= 0.6 is 0 Å². The zero-order valence-corrected chi connectivity index (χ0v) is 11.5. The molecule has 0 saturated carbocycles. The van der Waals surface area contributed by atoms with Gasteiger partial charge in [0.25, 0.3) is 0 Å². The Morgan fingerprint density at radius 2 is 1.62 bits per heavy atom. The number of aromatic nitrogens is 1. The third-order valence-electron chi connectivity index (χ3n) is 4.02. The summed E-state index contributed by atoms with van der Waals surface area (Å²) in [6.45, 7) is 1.69. The molecule has 3 nitrogen and oxygen atoms in total. The summed E-state index contributed by atoms with van der Waals surface area (Å²) in [4.78, 5) is 6.66. The van der Waals surface area contributed by atoms with Crippen LogP contribution in [0.15, 0.2) is 54.7 Å². The molecule has 0 atom stereocenters. The Morgan fingerprint density at radius 3 is 2.33 bits per heavy atom. The highest BCUT2D eigenvalue weighted by Crippen LogP contribution is 2.35. The second-order valence-electron chi connectivity index (χ2n) is 5.27. The first kappa shape index (κ1) is 11.9. The van der Waals surface area contributed by atoms with Crippen molar-refractivity contribution in [2.45, 2.75) is 13.1 Å². The number of hydrogen-bond donors (Lipinski definition) is 0. The fourth-order valence-corrected chi connectivity index (χ4v) is 3.04. The van der Waals surface area contributed by atoms with Gasteiger partial charge in [-0.25, -0.2) is 0 Å². The summed E-state index contributed by atoms with van der Waals surface area (Å²) >= 11 is 0. The third kappa shape index (κ3) is 1.85. The van der Waals surface area contributed by atoms with Crippen molar-refractivity contribution in [2.24, 2.45) is 0 Å². The third-order valence-corrected chi connectivity index (χ3v) is 4.02. The minimum atomic E-state index is 0.640. The van der Waals surface area contributed by atoms with E-state index in [1.807, 2.05) is 24.3 Å². The fraction of sp³-hybridized carbons (Fsp3) is 0.111. The van der Waals surface area contributed by atoms with Crippen molar-refractivity contribution in [3.63, 3.8) is 0 Å². The minimum Gasteiger partial charge on any atom is -0.361 e. The van der Waals surface area contributed by atoms with Crippen LogP contribution in [-0.4, -0.2) is 4.98 Å². The van der Waals surface area contributed by atoms with Crippen molar-refractivity contribution < 1.29 is 0 Å². The van der Waals surface area contributed by atoms with Gasteiger partial charge in [0, 0.05) is 24.7 Å². The number of hydrogen-bond acceptors (Lipinski definition) is 3. The van der Waals surface area contributed by atoms with Gasteiger partial charge in [-0.05, 0) is 17.2 Å². The Balaban J connectivity index is 1.90. The predicted molar refractivity (Wildman–Crippen MR) is 82.8 cm³/mol. The maximum Gasteiger partial charge on any atom is 0.103 e. The van der Waals surface area contributed by atoms with Gasteiger partial charge in [0.15, 0.2) is 0 Å². The van der Waals surface area contributed by atoms with Gasteiger partial charge < -0.3 is 4.90 Å². The topological polar surface area (TPSA) is 39.9 Å². The van der Waals surface area contributed by atoms with Gasteiger partial charge in [-0.1, -0.05) is 42.5 Å². The molecule has 4 rings (SSSR count). The highest BCUT2D eigenvalue weighted by atomic mass is 15.1. The number of pyridine rings is 1. The molecule has 0 unspecified atom stereocenters. The van der Waals surface area contributed by atoms with Crippen LogP contribution in [-0.2, 0) is 13.1 Å². The Labute approximate surface area is 123 Å². The van der Waals surface area contributed by atoms with E-state index in [1.165, 1.54) is 11.1 Å². The summed E-state index contributed by atoms with van der Waals surface area (Å²) < 4.78 is 0. The van der Waals surface area contributed by atoms with Gasteiger partial charge in [-0.15, -0.1) is 0 Å². The molecule has 0 fully saturated rings. The highest BCUT2D eigenvalue weighted by molar-refractivity contribution is 5.94. The molecule has 0 N–H and O–H groups in total. The van der Waals surface area contributed by atoms with E-state index in [0.29, 0.717) is 5.56 Å². The first-order chi connectivity index (χ1) is 10.4. The lowest BCUT2D eigenvalue weighted by atomic mass is 10.1. The lowest BCUT2D eigenvalue weighted by molar-refractivity contribution is 0.882. The minimum absolute atomic E-state index is 0.640. The molecular weight excluding hydrogens is 258 g/mol. The van der Waals surface area contributed by atoms with Crippen molar-refractivity contribution in [1.29, 1.82) is 5.26 Å². The van der Waals surface area contributed by atoms with Crippen LogP contribution in [0.3, 0.4) is 0 Å². The van der Waals surface area contributed by atoms with Crippen LogP contribution in [0.2, 0.25) is 0 Å². The molecule has 1 aliphatic rings. The number of fused-ring (bicyclic) bond motifs is 2. The molecule has 1 aliphatic heterocycles. The Hall–Kier alpha value is -2.86. The number of nitrogens with zero attached hydrogens (tertiary/aromatic N) is 3. The molecule has 0 saturated heterocycles. The van der Waals surface area contributed by atoms with Crippen molar-refractivity contribution >= 4 is 16.6 Å². The summed E-state index contributed by atoms with van der Waals surface area (Å²) in [7, 11) is 0. The molecular formula is C18H13N3. The molecule has 3 aromatic rings. The molecule has 0 spiro atoms. The summed E-state index contributed by atoms with van der Waals surface area (Å²) in [5.74, 6) is 0. The molecule has 100 valence electrons. The first-order valence-corrected chi connectivity index (χ1v) is 6.96. The van der Waals surface area contributed by atoms with Gasteiger partial charge in [0.2, 0.25) is 0 Å². The highest BCUT2D eigenvalue weighted by Gasteiger charge is 2.22. The van der Waals surface area contributed by atoms with E-state index in [1.54, 1.807) is 6.20 Å². The van der Waals surface area contributed by atoms with E-state index in [9.17, 15) is 5.26 Å². The molecule has 0 radical (unpaired) electrons. The zero-order chi connectivity index (χ0) is 14.2. The van der Waals surface area contributed by atoms with Crippen LogP contribution in [0.25, 0.3) is 10.9 Å². The number of anilines is 1. The lowest BCUT2D eigenvalue weighted by Crippen LogP contribution is -2.16. The summed E-state index contributed by atoms with van der Waals surface area (Å²) in [5.41, 5.74) is 5.24. The van der Waals surface area contributed by atoms with E-state index >= 15 is 0 Å². The Bertz CT molecular complexity index is 852. The van der Waals surface area contributed by atoms with Crippen molar-refractivity contribution in [3.8, 4) is 6.07 Å². The Morgan fingerprint density at radius 1 is 0.952 bits per heavy atom. The average molecular weight is 271 g/mol. The smallest absolute Gasteiger partial charge is 0.103 e. The van der Waals surface area contributed by atoms with Gasteiger partial charge in [0.1, 0.15) is 6.07 Å². The molecule has 0 aliphatic carbocycles. The van der Waals surface area contributed by atoms with Gasteiger partial charge in [-0.2, -0.15) is 5.26 Å². The monoisotopic (exact) mass is 271 g/mol. The second-order valence-corrected chi connectivity index (χ2v) is 5.27. The zero-order valence-electron chi connectivity index (χ0n) is 11.5. The van der Waals surface area contributed by atoms with Crippen LogP contribution in [0.4, 0.5) is 5.69 Å². The van der Waals surface area contributed by atoms with Crippen LogP contribution in [0, 0.1) is 11.3 Å². The Kier molecular flexibility index (Phi) is 2.61. The lowest BCUT2D eigenvalue weighted by Gasteiger charge is -2.21. The van der Waals surface area contributed by atoms with E-state index in [0.717, 1.165) is 29.7 Å². The van der Waals surface area contributed by atoms with Gasteiger partial charge in [0.05, 0.1) is 16.8 Å². The largest absolute Gasteiger partial charge is 0.361 e. The molecule has 0 amide bonds. The average Bonchev–Trinajstić information content (AvgIpc) is 2.97.